The molecule has 2 rings (SSSR count). The summed E-state index contributed by atoms with van der Waals surface area (Å²) in [6.45, 7) is 2.35. The Kier molecular flexibility index (Phi) is 3.71. The van der Waals surface area contributed by atoms with E-state index in [0.29, 0.717) is 19.0 Å². The number of benzene rings is 1. The number of hydrogen-bond acceptors (Lipinski definition) is 3. The molecule has 0 aliphatic carbocycles. The van der Waals surface area contributed by atoms with Crippen LogP contribution < -0.4 is 10.6 Å². The van der Waals surface area contributed by atoms with Gasteiger partial charge in [-0.25, -0.2) is 13.6 Å². The first-order valence-corrected chi connectivity index (χ1v) is 6.12. The molecule has 3 N–H and O–H groups in total. The quantitative estimate of drug-likeness (QED) is 0.790. The molecular weight excluding hydrogens is 270 g/mol. The van der Waals surface area contributed by atoms with Crippen LogP contribution in [0.4, 0.5) is 14.5 Å². The lowest BCUT2D eigenvalue weighted by Gasteiger charge is -2.23. The predicted molar refractivity (Wildman–Crippen MR) is 67.6 cm³/mol. The maximum absolute atomic E-state index is 13.6. The van der Waals surface area contributed by atoms with Gasteiger partial charge in [0.25, 0.3) is 0 Å². The highest BCUT2D eigenvalue weighted by Gasteiger charge is 2.36. The van der Waals surface area contributed by atoms with Gasteiger partial charge in [-0.2, -0.15) is 0 Å². The van der Waals surface area contributed by atoms with Crippen molar-refractivity contribution in [3.63, 3.8) is 0 Å². The lowest BCUT2D eigenvalue weighted by Crippen LogP contribution is -2.48. The summed E-state index contributed by atoms with van der Waals surface area (Å²) < 4.78 is 26.8. The number of nitrogens with one attached hydrogen (secondary N) is 2. The number of halogens is 2. The number of carboxylic acids is 1. The average molecular weight is 284 g/mol. The van der Waals surface area contributed by atoms with E-state index in [4.69, 9.17) is 5.11 Å². The molecule has 0 radical (unpaired) electrons. The second-order valence-corrected chi connectivity index (χ2v) is 4.93. The zero-order chi connectivity index (χ0) is 14.9. The Morgan fingerprint density at radius 2 is 2.05 bits per heavy atom. The van der Waals surface area contributed by atoms with E-state index in [0.717, 1.165) is 12.5 Å². The first-order valence-electron chi connectivity index (χ1n) is 6.12. The van der Waals surface area contributed by atoms with E-state index in [1.807, 2.05) is 0 Å². The molecule has 1 amide bonds. The van der Waals surface area contributed by atoms with Gasteiger partial charge < -0.3 is 15.7 Å². The number of aromatic carboxylic acids is 1. The monoisotopic (exact) mass is 284 g/mol. The topological polar surface area (TPSA) is 78.4 Å². The summed E-state index contributed by atoms with van der Waals surface area (Å²) in [4.78, 5) is 22.9. The highest BCUT2D eigenvalue weighted by molar-refractivity contribution is 5.99. The lowest BCUT2D eigenvalue weighted by molar-refractivity contribution is -0.121. The molecule has 1 aromatic rings. The minimum absolute atomic E-state index is 0.344. The number of carboxylic acid groups (broad SMARTS) is 1. The summed E-state index contributed by atoms with van der Waals surface area (Å²) >= 11 is 0. The molecule has 1 saturated heterocycles. The van der Waals surface area contributed by atoms with Crippen LogP contribution >= 0.6 is 0 Å². The Balaban J connectivity index is 2.27. The Morgan fingerprint density at radius 1 is 1.35 bits per heavy atom. The van der Waals surface area contributed by atoms with Crippen LogP contribution in [0.2, 0.25) is 0 Å². The molecule has 1 aliphatic rings. The molecule has 1 aromatic carbocycles. The smallest absolute Gasteiger partial charge is 0.338 e. The Hall–Kier alpha value is -2.02. The number of amides is 1. The van der Waals surface area contributed by atoms with Crippen LogP contribution in [-0.4, -0.2) is 29.1 Å². The molecule has 108 valence electrons. The Morgan fingerprint density at radius 3 is 2.60 bits per heavy atom. The second-order valence-electron chi connectivity index (χ2n) is 4.93. The van der Waals surface area contributed by atoms with Crippen molar-refractivity contribution in [1.82, 2.24) is 5.32 Å². The molecule has 0 bridgehead atoms. The van der Waals surface area contributed by atoms with E-state index >= 15 is 0 Å². The summed E-state index contributed by atoms with van der Waals surface area (Å²) in [7, 11) is 0. The highest BCUT2D eigenvalue weighted by Crippen LogP contribution is 2.24. The van der Waals surface area contributed by atoms with Crippen LogP contribution in [0.5, 0.6) is 0 Å². The predicted octanol–water partition coefficient (Wildman–Crippen LogP) is 1.74. The number of rotatable bonds is 3. The van der Waals surface area contributed by atoms with Crippen molar-refractivity contribution < 1.29 is 23.5 Å². The highest BCUT2D eigenvalue weighted by atomic mass is 19.1. The normalized spacial score (nSPS) is 21.8. The van der Waals surface area contributed by atoms with Gasteiger partial charge in [0.05, 0.1) is 16.8 Å². The van der Waals surface area contributed by atoms with Gasteiger partial charge in [-0.15, -0.1) is 0 Å². The third-order valence-corrected chi connectivity index (χ3v) is 3.41. The van der Waals surface area contributed by atoms with Gasteiger partial charge in [-0.1, -0.05) is 0 Å². The van der Waals surface area contributed by atoms with E-state index < -0.39 is 34.6 Å². The van der Waals surface area contributed by atoms with Crippen LogP contribution in [0, 0.1) is 11.6 Å². The molecule has 1 aliphatic heterocycles. The number of carbonyl (C=O) groups excluding carboxylic acids is 1. The van der Waals surface area contributed by atoms with Gasteiger partial charge in [0, 0.05) is 6.07 Å². The van der Waals surface area contributed by atoms with Gasteiger partial charge in [0.15, 0.2) is 0 Å². The molecule has 0 aromatic heterocycles. The van der Waals surface area contributed by atoms with Crippen molar-refractivity contribution in [3.05, 3.63) is 29.3 Å². The fourth-order valence-electron chi connectivity index (χ4n) is 2.16. The standard InChI is InChI=1S/C13H14F2N2O3/c1-13(3-2-4-16-13)12(20)17-10-5-7(11(18)19)8(14)6-9(10)15/h5-6,16H,2-4H2,1H3,(H,17,20)(H,18,19). The van der Waals surface area contributed by atoms with Crippen molar-refractivity contribution in [2.45, 2.75) is 25.3 Å². The van der Waals surface area contributed by atoms with E-state index in [1.165, 1.54) is 0 Å². The zero-order valence-electron chi connectivity index (χ0n) is 10.8. The van der Waals surface area contributed by atoms with Crippen molar-refractivity contribution >= 4 is 17.6 Å². The van der Waals surface area contributed by atoms with Crippen molar-refractivity contribution in [2.24, 2.45) is 0 Å². The molecule has 20 heavy (non-hydrogen) atoms. The molecule has 0 saturated carbocycles. The minimum atomic E-state index is -1.52. The molecule has 1 unspecified atom stereocenters. The number of anilines is 1. The van der Waals surface area contributed by atoms with E-state index in [2.05, 4.69) is 10.6 Å². The summed E-state index contributed by atoms with van der Waals surface area (Å²) in [6, 6.07) is 1.23. The average Bonchev–Trinajstić information content (AvgIpc) is 2.80. The van der Waals surface area contributed by atoms with Crippen LogP contribution in [0.3, 0.4) is 0 Å². The fourth-order valence-corrected chi connectivity index (χ4v) is 2.16. The molecule has 7 heteroatoms. The van der Waals surface area contributed by atoms with Gasteiger partial charge in [0.2, 0.25) is 5.91 Å². The molecule has 0 spiro atoms. The van der Waals surface area contributed by atoms with Gasteiger partial charge in [-0.3, -0.25) is 4.79 Å². The second kappa shape index (κ2) is 5.16. The maximum atomic E-state index is 13.6. The van der Waals surface area contributed by atoms with E-state index in [9.17, 15) is 18.4 Å². The third kappa shape index (κ3) is 2.62. The minimum Gasteiger partial charge on any atom is -0.478 e. The summed E-state index contributed by atoms with van der Waals surface area (Å²) in [5, 5.41) is 14.1. The third-order valence-electron chi connectivity index (χ3n) is 3.41. The van der Waals surface area contributed by atoms with E-state index in [-0.39, 0.29) is 5.69 Å². The molecule has 1 atom stereocenters. The molecule has 1 fully saturated rings. The first-order chi connectivity index (χ1) is 9.33. The number of carbonyl (C=O) groups is 2. The van der Waals surface area contributed by atoms with Crippen LogP contribution in [-0.2, 0) is 4.79 Å². The van der Waals surface area contributed by atoms with Crippen LogP contribution in [0.1, 0.15) is 30.1 Å². The Bertz CT molecular complexity index is 569. The molecule has 5 nitrogen and oxygen atoms in total. The largest absolute Gasteiger partial charge is 0.478 e. The van der Waals surface area contributed by atoms with Crippen LogP contribution in [0.25, 0.3) is 0 Å². The number of hydrogen-bond donors (Lipinski definition) is 3. The molecule has 1 heterocycles. The van der Waals surface area contributed by atoms with Crippen molar-refractivity contribution in [1.29, 1.82) is 0 Å². The van der Waals surface area contributed by atoms with Gasteiger partial charge in [-0.05, 0) is 32.4 Å². The SMILES string of the molecule is CC1(C(=O)Nc2cc(C(=O)O)c(F)cc2F)CCCN1. The zero-order valence-corrected chi connectivity index (χ0v) is 10.8. The fraction of sp³-hybridized carbons (Fsp3) is 0.385. The summed E-state index contributed by atoms with van der Waals surface area (Å²) in [5.74, 6) is -4.19. The summed E-state index contributed by atoms with van der Waals surface area (Å²) in [5.41, 5.74) is -1.86. The van der Waals surface area contributed by atoms with Crippen LogP contribution in [0.15, 0.2) is 12.1 Å². The maximum Gasteiger partial charge on any atom is 0.338 e. The lowest BCUT2D eigenvalue weighted by atomic mass is 9.99. The Labute approximate surface area is 114 Å². The van der Waals surface area contributed by atoms with Gasteiger partial charge >= 0.3 is 5.97 Å². The molecular formula is C13H14F2N2O3. The van der Waals surface area contributed by atoms with Gasteiger partial charge in [0.1, 0.15) is 11.6 Å². The van der Waals surface area contributed by atoms with E-state index in [1.54, 1.807) is 6.92 Å². The first kappa shape index (κ1) is 14.4. The summed E-state index contributed by atoms with van der Waals surface area (Å²) in [6.07, 6.45) is 1.41. The van der Waals surface area contributed by atoms with Crippen molar-refractivity contribution in [2.75, 3.05) is 11.9 Å². The van der Waals surface area contributed by atoms with Crippen molar-refractivity contribution in [3.8, 4) is 0 Å².